The Balaban J connectivity index is 1.28. The smallest absolute Gasteiger partial charge is 0.236 e. The van der Waals surface area contributed by atoms with E-state index in [1.165, 1.54) is 24.6 Å². The number of furan rings is 1. The van der Waals surface area contributed by atoms with Crippen LogP contribution in [0.25, 0.3) is 5.69 Å². The highest BCUT2D eigenvalue weighted by molar-refractivity contribution is 7.99. The molecule has 4 aromatic rings. The van der Waals surface area contributed by atoms with Gasteiger partial charge in [0.15, 0.2) is 0 Å². The average molecular weight is 450 g/mol. The maximum atomic E-state index is 12.8. The molecule has 1 N–H and O–H groups in total. The van der Waals surface area contributed by atoms with E-state index in [1.807, 2.05) is 53.2 Å². The third-order valence-corrected chi connectivity index (χ3v) is 6.44. The highest BCUT2D eigenvalue weighted by Gasteiger charge is 2.22. The molecule has 3 aromatic heterocycles. The maximum Gasteiger partial charge on any atom is 0.236 e. The monoisotopic (exact) mass is 449 g/mol. The molecular weight excluding hydrogens is 426 g/mol. The largest absolute Gasteiger partial charge is 0.467 e. The van der Waals surface area contributed by atoms with Gasteiger partial charge in [-0.15, -0.1) is 5.10 Å². The Hall–Kier alpha value is -3.40. The summed E-state index contributed by atoms with van der Waals surface area (Å²) in [5.74, 6) is 1.92. The minimum atomic E-state index is -0.141. The summed E-state index contributed by atoms with van der Waals surface area (Å²) >= 11 is 1.28. The molecule has 0 radical (unpaired) electrons. The third kappa shape index (κ3) is 4.59. The fourth-order valence-electron chi connectivity index (χ4n) is 3.93. The predicted molar refractivity (Wildman–Crippen MR) is 120 cm³/mol. The first-order chi connectivity index (χ1) is 15.8. The molecular formula is C22H23N7O2S. The molecule has 3 heterocycles. The van der Waals surface area contributed by atoms with Crippen molar-refractivity contribution < 1.29 is 9.21 Å². The Labute approximate surface area is 189 Å². The highest BCUT2D eigenvalue weighted by atomic mass is 32.2. The molecule has 10 heteroatoms. The number of aromatic nitrogens is 6. The van der Waals surface area contributed by atoms with Crippen LogP contribution < -0.4 is 5.32 Å². The molecule has 0 spiro atoms. The van der Waals surface area contributed by atoms with Gasteiger partial charge in [-0.3, -0.25) is 4.79 Å². The summed E-state index contributed by atoms with van der Waals surface area (Å²) in [5.41, 5.74) is 1.96. The minimum absolute atomic E-state index is 0.141. The fourth-order valence-corrected chi connectivity index (χ4v) is 4.61. The first kappa shape index (κ1) is 20.5. The van der Waals surface area contributed by atoms with E-state index in [4.69, 9.17) is 9.52 Å². The van der Waals surface area contributed by atoms with Crippen LogP contribution >= 0.6 is 11.8 Å². The first-order valence-corrected chi connectivity index (χ1v) is 11.6. The van der Waals surface area contributed by atoms with Crippen LogP contribution in [0.4, 0.5) is 5.82 Å². The van der Waals surface area contributed by atoms with Crippen molar-refractivity contribution in [3.8, 4) is 5.69 Å². The van der Waals surface area contributed by atoms with Crippen LogP contribution in [0.1, 0.15) is 43.1 Å². The number of tetrazole rings is 1. The molecule has 0 atom stereocenters. The van der Waals surface area contributed by atoms with Gasteiger partial charge in [-0.2, -0.15) is 5.10 Å². The SMILES string of the molecule is O=C(CSc1nnnn1Cc1ccco1)Nc1cc(C2CCCC2)nn1-c1ccccc1. The van der Waals surface area contributed by atoms with Gasteiger partial charge in [0.25, 0.3) is 0 Å². The summed E-state index contributed by atoms with van der Waals surface area (Å²) < 4.78 is 8.78. The summed E-state index contributed by atoms with van der Waals surface area (Å²) in [6.45, 7) is 0.412. The van der Waals surface area contributed by atoms with Gasteiger partial charge in [-0.1, -0.05) is 42.8 Å². The molecule has 1 amide bonds. The third-order valence-electron chi connectivity index (χ3n) is 5.49. The number of carbonyl (C=O) groups is 1. The fraction of sp³-hybridized carbons (Fsp3) is 0.318. The highest BCUT2D eigenvalue weighted by Crippen LogP contribution is 2.35. The molecule has 1 aliphatic rings. The van der Waals surface area contributed by atoms with E-state index in [9.17, 15) is 4.79 Å². The van der Waals surface area contributed by atoms with Crippen molar-refractivity contribution in [3.05, 3.63) is 66.2 Å². The number of nitrogens with one attached hydrogen (secondary N) is 1. The molecule has 9 nitrogen and oxygen atoms in total. The second-order valence-electron chi connectivity index (χ2n) is 7.72. The lowest BCUT2D eigenvalue weighted by Gasteiger charge is -2.09. The topological polar surface area (TPSA) is 104 Å². The Kier molecular flexibility index (Phi) is 6.02. The lowest BCUT2D eigenvalue weighted by molar-refractivity contribution is -0.113. The number of benzene rings is 1. The van der Waals surface area contributed by atoms with Crippen molar-refractivity contribution >= 4 is 23.5 Å². The zero-order valence-electron chi connectivity index (χ0n) is 17.4. The van der Waals surface area contributed by atoms with Crippen LogP contribution in [0.2, 0.25) is 0 Å². The Morgan fingerprint density at radius 3 is 2.78 bits per heavy atom. The number of hydrogen-bond donors (Lipinski definition) is 1. The Bertz CT molecular complexity index is 1160. The first-order valence-electron chi connectivity index (χ1n) is 10.6. The van der Waals surface area contributed by atoms with Crippen molar-refractivity contribution in [2.75, 3.05) is 11.1 Å². The van der Waals surface area contributed by atoms with E-state index in [0.29, 0.717) is 23.4 Å². The molecule has 0 bridgehead atoms. The van der Waals surface area contributed by atoms with Gasteiger partial charge < -0.3 is 9.73 Å². The van der Waals surface area contributed by atoms with E-state index in [1.54, 1.807) is 10.9 Å². The molecule has 164 valence electrons. The van der Waals surface area contributed by atoms with Crippen LogP contribution in [0.15, 0.2) is 64.4 Å². The molecule has 32 heavy (non-hydrogen) atoms. The van der Waals surface area contributed by atoms with E-state index in [2.05, 4.69) is 20.8 Å². The van der Waals surface area contributed by atoms with Crippen molar-refractivity contribution in [2.24, 2.45) is 0 Å². The Morgan fingerprint density at radius 1 is 1.16 bits per heavy atom. The summed E-state index contributed by atoms with van der Waals surface area (Å²) in [6, 6.07) is 15.5. The predicted octanol–water partition coefficient (Wildman–Crippen LogP) is 3.89. The lowest BCUT2D eigenvalue weighted by atomic mass is 10.0. The number of para-hydroxylation sites is 1. The second-order valence-corrected chi connectivity index (χ2v) is 8.66. The molecule has 0 aliphatic heterocycles. The molecule has 1 aliphatic carbocycles. The van der Waals surface area contributed by atoms with Crippen LogP contribution in [-0.2, 0) is 11.3 Å². The van der Waals surface area contributed by atoms with Crippen molar-refractivity contribution in [2.45, 2.75) is 43.3 Å². The van der Waals surface area contributed by atoms with Crippen molar-refractivity contribution in [1.82, 2.24) is 30.0 Å². The van der Waals surface area contributed by atoms with Gasteiger partial charge in [0, 0.05) is 12.0 Å². The van der Waals surface area contributed by atoms with E-state index >= 15 is 0 Å². The summed E-state index contributed by atoms with van der Waals surface area (Å²) in [4.78, 5) is 12.8. The number of rotatable bonds is 8. The molecule has 5 rings (SSSR count). The van der Waals surface area contributed by atoms with Gasteiger partial charge in [-0.25, -0.2) is 9.36 Å². The maximum absolute atomic E-state index is 12.8. The van der Waals surface area contributed by atoms with Crippen LogP contribution in [0.5, 0.6) is 0 Å². The quantitative estimate of drug-likeness (QED) is 0.407. The Morgan fingerprint density at radius 2 is 2.00 bits per heavy atom. The van der Waals surface area contributed by atoms with E-state index in [-0.39, 0.29) is 11.7 Å². The molecule has 1 aromatic carbocycles. The zero-order chi connectivity index (χ0) is 21.8. The number of hydrogen-bond acceptors (Lipinski definition) is 7. The second kappa shape index (κ2) is 9.39. The van der Waals surface area contributed by atoms with Gasteiger partial charge in [-0.05, 0) is 47.5 Å². The van der Waals surface area contributed by atoms with Gasteiger partial charge in [0.05, 0.1) is 23.4 Å². The number of amides is 1. The van der Waals surface area contributed by atoms with Crippen molar-refractivity contribution in [1.29, 1.82) is 0 Å². The average Bonchev–Trinajstić information content (AvgIpc) is 3.60. The number of nitrogens with zero attached hydrogens (tertiary/aromatic N) is 6. The lowest BCUT2D eigenvalue weighted by Crippen LogP contribution is -2.17. The molecule has 1 saturated carbocycles. The van der Waals surface area contributed by atoms with E-state index in [0.717, 1.165) is 30.0 Å². The normalized spacial score (nSPS) is 14.1. The minimum Gasteiger partial charge on any atom is -0.467 e. The van der Waals surface area contributed by atoms with Crippen LogP contribution in [0, 0.1) is 0 Å². The molecule has 0 unspecified atom stereocenters. The van der Waals surface area contributed by atoms with Crippen LogP contribution in [-0.4, -0.2) is 41.6 Å². The van der Waals surface area contributed by atoms with Crippen LogP contribution in [0.3, 0.4) is 0 Å². The summed E-state index contributed by atoms with van der Waals surface area (Å²) in [7, 11) is 0. The molecule has 0 saturated heterocycles. The summed E-state index contributed by atoms with van der Waals surface area (Å²) in [5, 5.41) is 20.1. The standard InChI is InChI=1S/C22H23N7O2S/c30-21(15-32-22-24-26-27-28(22)14-18-11-6-12-31-18)23-20-13-19(16-7-4-5-8-16)25-29(20)17-9-2-1-3-10-17/h1-3,6,9-13,16H,4-5,7-8,14-15H2,(H,23,30). The van der Waals surface area contributed by atoms with Gasteiger partial charge >= 0.3 is 0 Å². The summed E-state index contributed by atoms with van der Waals surface area (Å²) in [6.07, 6.45) is 6.36. The molecule has 1 fully saturated rings. The number of carbonyl (C=O) groups excluding carboxylic acids is 1. The van der Waals surface area contributed by atoms with Crippen molar-refractivity contribution in [3.63, 3.8) is 0 Å². The number of anilines is 1. The zero-order valence-corrected chi connectivity index (χ0v) is 18.2. The van der Waals surface area contributed by atoms with E-state index < -0.39 is 0 Å². The number of thioether (sulfide) groups is 1. The van der Waals surface area contributed by atoms with Gasteiger partial charge in [0.1, 0.15) is 18.1 Å². The van der Waals surface area contributed by atoms with Gasteiger partial charge in [0.2, 0.25) is 11.1 Å².